The molecule has 2 atom stereocenters. The maximum atomic E-state index is 14.6. The van der Waals surface area contributed by atoms with Gasteiger partial charge in [0, 0.05) is 13.5 Å². The van der Waals surface area contributed by atoms with Gasteiger partial charge in [-0.2, -0.15) is 0 Å². The zero-order chi connectivity index (χ0) is 20.1. The van der Waals surface area contributed by atoms with Crippen molar-refractivity contribution in [2.45, 2.75) is 39.0 Å². The van der Waals surface area contributed by atoms with Crippen molar-refractivity contribution in [2.24, 2.45) is 15.9 Å². The fourth-order valence-electron chi connectivity index (χ4n) is 3.06. The third kappa shape index (κ3) is 4.85. The Labute approximate surface area is 159 Å². The van der Waals surface area contributed by atoms with Crippen molar-refractivity contribution in [3.63, 3.8) is 0 Å². The van der Waals surface area contributed by atoms with E-state index in [0.717, 1.165) is 6.07 Å². The number of ether oxygens (including phenoxy) is 3. The van der Waals surface area contributed by atoms with Gasteiger partial charge in [-0.25, -0.2) is 14.4 Å². The van der Waals surface area contributed by atoms with Gasteiger partial charge in [-0.3, -0.25) is 0 Å². The number of hydrogen-bond acceptors (Lipinski definition) is 7. The topological polar surface area (TPSA) is 92.9 Å². The average molecular weight is 380 g/mol. The van der Waals surface area contributed by atoms with Crippen molar-refractivity contribution >= 4 is 24.4 Å². The van der Waals surface area contributed by atoms with E-state index in [9.17, 15) is 14.4 Å². The minimum absolute atomic E-state index is 0.0725. The number of halogens is 1. The van der Waals surface area contributed by atoms with E-state index in [1.165, 1.54) is 21.3 Å². The van der Waals surface area contributed by atoms with Gasteiger partial charge in [0.15, 0.2) is 0 Å². The molecular formula is C18H26BFN2O5. The van der Waals surface area contributed by atoms with Crippen LogP contribution in [0.1, 0.15) is 25.0 Å². The van der Waals surface area contributed by atoms with Crippen LogP contribution in [0.15, 0.2) is 22.1 Å². The Morgan fingerprint density at radius 1 is 1.07 bits per heavy atom. The lowest BCUT2D eigenvalue weighted by Gasteiger charge is -2.27. The Morgan fingerprint density at radius 3 is 2.26 bits per heavy atom. The molecular weight excluding hydrogens is 354 g/mol. The first-order valence-corrected chi connectivity index (χ1v) is 8.71. The first kappa shape index (κ1) is 21.3. The monoisotopic (exact) mass is 380 g/mol. The van der Waals surface area contributed by atoms with Crippen LogP contribution in [0.4, 0.5) is 4.39 Å². The predicted molar refractivity (Wildman–Crippen MR) is 102 cm³/mol. The SMILES string of the molecule is COCc1cc(C[C@@H]2N=C(OC)[C@@H](C(C)C)N=C2OC)c(F)cc1B(O)O. The summed E-state index contributed by atoms with van der Waals surface area (Å²) in [6.45, 7) is 4.13. The molecule has 9 heteroatoms. The Bertz CT molecular complexity index is 724. The van der Waals surface area contributed by atoms with Crippen LogP contribution in [0.2, 0.25) is 0 Å². The molecule has 0 fully saturated rings. The van der Waals surface area contributed by atoms with E-state index in [1.54, 1.807) is 6.07 Å². The summed E-state index contributed by atoms with van der Waals surface area (Å²) in [5.41, 5.74) is 0.915. The second-order valence-corrected chi connectivity index (χ2v) is 6.70. The molecule has 2 N–H and O–H groups in total. The summed E-state index contributed by atoms with van der Waals surface area (Å²) in [6.07, 6.45) is 0.189. The second kappa shape index (κ2) is 9.30. The molecule has 0 aromatic heterocycles. The highest BCUT2D eigenvalue weighted by atomic mass is 19.1. The van der Waals surface area contributed by atoms with Gasteiger partial charge in [-0.1, -0.05) is 19.9 Å². The van der Waals surface area contributed by atoms with Gasteiger partial charge < -0.3 is 24.3 Å². The number of benzene rings is 1. The molecule has 0 spiro atoms. The van der Waals surface area contributed by atoms with Crippen LogP contribution in [0.3, 0.4) is 0 Å². The molecule has 0 bridgehead atoms. The van der Waals surface area contributed by atoms with Gasteiger partial charge >= 0.3 is 7.12 Å². The van der Waals surface area contributed by atoms with Gasteiger partial charge in [0.2, 0.25) is 11.8 Å². The largest absolute Gasteiger partial charge is 0.488 e. The van der Waals surface area contributed by atoms with E-state index < -0.39 is 19.0 Å². The first-order chi connectivity index (χ1) is 12.8. The number of hydrogen-bond donors (Lipinski definition) is 2. The molecule has 2 rings (SSSR count). The fourth-order valence-corrected chi connectivity index (χ4v) is 3.06. The molecule has 0 amide bonds. The molecule has 27 heavy (non-hydrogen) atoms. The van der Waals surface area contributed by atoms with Crippen LogP contribution in [0.5, 0.6) is 0 Å². The molecule has 1 aromatic carbocycles. The van der Waals surface area contributed by atoms with E-state index in [2.05, 4.69) is 9.98 Å². The van der Waals surface area contributed by atoms with Crippen molar-refractivity contribution in [1.29, 1.82) is 0 Å². The van der Waals surface area contributed by atoms with Crippen LogP contribution in [-0.2, 0) is 27.2 Å². The lowest BCUT2D eigenvalue weighted by atomic mass is 9.76. The third-order valence-electron chi connectivity index (χ3n) is 4.44. The number of methoxy groups -OCH3 is 3. The Kier molecular flexibility index (Phi) is 7.35. The van der Waals surface area contributed by atoms with Crippen LogP contribution in [0.25, 0.3) is 0 Å². The summed E-state index contributed by atoms with van der Waals surface area (Å²) < 4.78 is 30.4. The first-order valence-electron chi connectivity index (χ1n) is 8.71. The van der Waals surface area contributed by atoms with Crippen LogP contribution in [0, 0.1) is 11.7 Å². The molecule has 0 aliphatic carbocycles. The molecule has 7 nitrogen and oxygen atoms in total. The Hall–Kier alpha value is -1.97. The third-order valence-corrected chi connectivity index (χ3v) is 4.44. The zero-order valence-electron chi connectivity index (χ0n) is 16.3. The smallest absolute Gasteiger partial charge is 0.483 e. The number of rotatable bonds is 6. The summed E-state index contributed by atoms with van der Waals surface area (Å²) in [5.74, 6) is 0.503. The highest BCUT2D eigenvalue weighted by Gasteiger charge is 2.32. The minimum atomic E-state index is -1.78. The summed E-state index contributed by atoms with van der Waals surface area (Å²) in [7, 11) is 2.74. The molecule has 1 aromatic rings. The zero-order valence-corrected chi connectivity index (χ0v) is 16.3. The summed E-state index contributed by atoms with van der Waals surface area (Å²) in [6, 6.07) is 1.88. The predicted octanol–water partition coefficient (Wildman–Crippen LogP) is 0.691. The van der Waals surface area contributed by atoms with E-state index in [-0.39, 0.29) is 30.5 Å². The fraction of sp³-hybridized carbons (Fsp3) is 0.556. The van der Waals surface area contributed by atoms with E-state index in [0.29, 0.717) is 22.9 Å². The quantitative estimate of drug-likeness (QED) is 0.709. The maximum Gasteiger partial charge on any atom is 0.488 e. The Morgan fingerprint density at radius 2 is 1.74 bits per heavy atom. The van der Waals surface area contributed by atoms with Crippen molar-refractivity contribution in [3.8, 4) is 0 Å². The summed E-state index contributed by atoms with van der Waals surface area (Å²) >= 11 is 0. The normalized spacial score (nSPS) is 19.6. The van der Waals surface area contributed by atoms with E-state index in [4.69, 9.17) is 14.2 Å². The second-order valence-electron chi connectivity index (χ2n) is 6.70. The molecule has 1 aliphatic rings. The molecule has 0 unspecified atom stereocenters. The van der Waals surface area contributed by atoms with Gasteiger partial charge in [0.05, 0.1) is 20.8 Å². The van der Waals surface area contributed by atoms with Crippen LogP contribution < -0.4 is 5.46 Å². The molecule has 148 valence electrons. The highest BCUT2D eigenvalue weighted by Crippen LogP contribution is 2.21. The van der Waals surface area contributed by atoms with Gasteiger partial charge in [-0.15, -0.1) is 0 Å². The standard InChI is InChI=1S/C18H26BFN2O5/c1-10(2)16-18(27-5)21-15(17(22-16)26-4)7-11-6-12(9-25-3)13(19(23)24)8-14(11)20/h6,8,10,15-16,23-24H,7,9H2,1-5H3/t15-,16+/m0/s1. The van der Waals surface area contributed by atoms with E-state index >= 15 is 0 Å². The van der Waals surface area contributed by atoms with Gasteiger partial charge in [0.1, 0.15) is 17.9 Å². The molecule has 0 saturated carbocycles. The van der Waals surface area contributed by atoms with E-state index in [1.807, 2.05) is 13.8 Å². The van der Waals surface area contributed by atoms with Crippen LogP contribution >= 0.6 is 0 Å². The highest BCUT2D eigenvalue weighted by molar-refractivity contribution is 6.59. The molecule has 1 heterocycles. The molecule has 0 saturated heterocycles. The van der Waals surface area contributed by atoms with Gasteiger partial charge in [0.25, 0.3) is 0 Å². The van der Waals surface area contributed by atoms with Crippen molar-refractivity contribution in [2.75, 3.05) is 21.3 Å². The lowest BCUT2D eigenvalue weighted by molar-refractivity contribution is 0.185. The number of aliphatic imine (C=N–C) groups is 2. The van der Waals surface area contributed by atoms with Crippen molar-refractivity contribution < 1.29 is 28.6 Å². The lowest BCUT2D eigenvalue weighted by Crippen LogP contribution is -2.38. The maximum absolute atomic E-state index is 14.6. The van der Waals surface area contributed by atoms with Crippen LogP contribution in [-0.4, -0.2) is 62.4 Å². The summed E-state index contributed by atoms with van der Waals surface area (Å²) in [5, 5.41) is 18.9. The molecule has 0 radical (unpaired) electrons. The minimum Gasteiger partial charge on any atom is -0.483 e. The summed E-state index contributed by atoms with van der Waals surface area (Å²) in [4.78, 5) is 9.14. The average Bonchev–Trinajstić information content (AvgIpc) is 2.63. The van der Waals surface area contributed by atoms with Crippen molar-refractivity contribution in [3.05, 3.63) is 29.1 Å². The number of nitrogens with zero attached hydrogens (tertiary/aromatic N) is 2. The van der Waals surface area contributed by atoms with Gasteiger partial charge in [-0.05, 0) is 28.6 Å². The van der Waals surface area contributed by atoms with Crippen molar-refractivity contribution in [1.82, 2.24) is 0 Å². The molecule has 1 aliphatic heterocycles. The Balaban J connectivity index is 2.38.